The number of aromatic hydroxyl groups is 1. The number of esters is 2. The minimum Gasteiger partial charge on any atom is -0.508 e. The summed E-state index contributed by atoms with van der Waals surface area (Å²) in [5.41, 5.74) is -0.379. The highest BCUT2D eigenvalue weighted by molar-refractivity contribution is 6.11. The van der Waals surface area contributed by atoms with Gasteiger partial charge in [-0.3, -0.25) is 0 Å². The fraction of sp³-hybridized carbons (Fsp3) is 0.360. The van der Waals surface area contributed by atoms with Crippen LogP contribution in [0.5, 0.6) is 5.75 Å². The van der Waals surface area contributed by atoms with E-state index in [9.17, 15) is 19.8 Å². The number of phenols is 1. The van der Waals surface area contributed by atoms with Crippen LogP contribution in [-0.4, -0.2) is 47.6 Å². The van der Waals surface area contributed by atoms with E-state index >= 15 is 0 Å². The average molecular weight is 440 g/mol. The van der Waals surface area contributed by atoms with Crippen molar-refractivity contribution >= 4 is 17.5 Å². The lowest BCUT2D eigenvalue weighted by Gasteiger charge is -2.28. The Morgan fingerprint density at radius 2 is 1.78 bits per heavy atom. The van der Waals surface area contributed by atoms with Crippen molar-refractivity contribution in [3.8, 4) is 5.75 Å². The van der Waals surface area contributed by atoms with E-state index < -0.39 is 23.3 Å². The number of carbonyl (C=O) groups excluding carboxylic acids is 2. The fourth-order valence-corrected chi connectivity index (χ4v) is 3.81. The number of aliphatic hydroxyl groups is 1. The lowest BCUT2D eigenvalue weighted by Crippen LogP contribution is -2.44. The molecule has 1 atom stereocenters. The Hall–Kier alpha value is -3.32. The fourth-order valence-electron chi connectivity index (χ4n) is 3.81. The summed E-state index contributed by atoms with van der Waals surface area (Å²) in [6.07, 6.45) is 1.13. The van der Waals surface area contributed by atoms with E-state index in [1.54, 1.807) is 49.6 Å². The summed E-state index contributed by atoms with van der Waals surface area (Å²) in [7, 11) is 2.83. The molecule has 0 bridgehead atoms. The molecule has 0 saturated carbocycles. The normalized spacial score (nSPS) is 18.6. The molecule has 0 radical (unpaired) electrons. The van der Waals surface area contributed by atoms with E-state index in [0.29, 0.717) is 29.5 Å². The van der Waals surface area contributed by atoms with Crippen LogP contribution in [0.15, 0.2) is 54.3 Å². The molecule has 32 heavy (non-hydrogen) atoms. The van der Waals surface area contributed by atoms with E-state index in [2.05, 4.69) is 0 Å². The van der Waals surface area contributed by atoms with Crippen molar-refractivity contribution in [2.75, 3.05) is 14.2 Å². The third kappa shape index (κ3) is 4.48. The van der Waals surface area contributed by atoms with Gasteiger partial charge >= 0.3 is 11.9 Å². The molecule has 0 unspecified atom stereocenters. The van der Waals surface area contributed by atoms with Crippen LogP contribution in [0.2, 0.25) is 0 Å². The highest BCUT2D eigenvalue weighted by atomic mass is 16.6. The van der Waals surface area contributed by atoms with E-state index in [0.717, 1.165) is 0 Å². The van der Waals surface area contributed by atoms with Crippen LogP contribution in [0, 0.1) is 0 Å². The molecule has 3 rings (SSSR count). The van der Waals surface area contributed by atoms with Gasteiger partial charge < -0.3 is 24.4 Å². The molecular formula is C25H28O7. The van der Waals surface area contributed by atoms with Gasteiger partial charge in [-0.25, -0.2) is 9.59 Å². The first-order valence-electron chi connectivity index (χ1n) is 10.3. The number of hydrogen-bond donors (Lipinski definition) is 2. The van der Waals surface area contributed by atoms with Crippen LogP contribution in [-0.2, 0) is 36.6 Å². The number of phenolic OH excluding ortho intramolecular Hbond substituents is 1. The van der Waals surface area contributed by atoms with Gasteiger partial charge in [-0.15, -0.1) is 0 Å². The number of aliphatic hydroxyl groups excluding tert-OH is 1. The monoisotopic (exact) mass is 440 g/mol. The lowest BCUT2D eigenvalue weighted by atomic mass is 9.82. The van der Waals surface area contributed by atoms with Crippen LogP contribution in [0.25, 0.3) is 5.57 Å². The smallest absolute Gasteiger partial charge is 0.375 e. The minimum absolute atomic E-state index is 0.0603. The van der Waals surface area contributed by atoms with Gasteiger partial charge in [-0.05, 0) is 49.4 Å². The standard InChI is InChI=1S/C25H28O7/c1-24(2,31-4)13-12-18-14-16(10-11-19(18)26)15-25(23(29)30-3)20(21(27)22(28)32-25)17-8-6-5-7-9-17/h5-11,14,26-27H,12-13,15H2,1-4H3/t25-/m1/s1. The number of methoxy groups -OCH3 is 2. The van der Waals surface area contributed by atoms with Gasteiger partial charge in [0.25, 0.3) is 0 Å². The van der Waals surface area contributed by atoms with Gasteiger partial charge in [0.1, 0.15) is 5.75 Å². The first-order valence-corrected chi connectivity index (χ1v) is 10.3. The summed E-state index contributed by atoms with van der Waals surface area (Å²) in [6, 6.07) is 13.6. The molecule has 0 fully saturated rings. The van der Waals surface area contributed by atoms with Gasteiger partial charge in [0.15, 0.2) is 0 Å². The second-order valence-corrected chi connectivity index (χ2v) is 8.40. The van der Waals surface area contributed by atoms with E-state index in [-0.39, 0.29) is 23.3 Å². The molecule has 7 heteroatoms. The minimum atomic E-state index is -1.85. The van der Waals surface area contributed by atoms with Gasteiger partial charge in [0.2, 0.25) is 11.4 Å². The number of hydrogen-bond acceptors (Lipinski definition) is 7. The molecule has 1 aliphatic heterocycles. The molecule has 0 aromatic heterocycles. The average Bonchev–Trinajstić information content (AvgIpc) is 3.04. The summed E-state index contributed by atoms with van der Waals surface area (Å²) < 4.78 is 15.9. The molecule has 2 aromatic carbocycles. The first-order chi connectivity index (χ1) is 15.1. The van der Waals surface area contributed by atoms with Crippen LogP contribution in [0.3, 0.4) is 0 Å². The number of aryl methyl sites for hydroxylation is 1. The molecular weight excluding hydrogens is 412 g/mol. The largest absolute Gasteiger partial charge is 0.508 e. The van der Waals surface area contributed by atoms with Crippen molar-refractivity contribution < 1.29 is 34.0 Å². The van der Waals surface area contributed by atoms with Crippen molar-refractivity contribution in [2.24, 2.45) is 0 Å². The molecule has 2 N–H and O–H groups in total. The number of rotatable bonds is 8. The Morgan fingerprint density at radius 1 is 1.09 bits per heavy atom. The predicted molar refractivity (Wildman–Crippen MR) is 118 cm³/mol. The number of carbonyl (C=O) groups is 2. The summed E-state index contributed by atoms with van der Waals surface area (Å²) in [5, 5.41) is 20.8. The van der Waals surface area contributed by atoms with E-state index in [1.807, 2.05) is 13.8 Å². The van der Waals surface area contributed by atoms with Gasteiger partial charge in [-0.2, -0.15) is 0 Å². The maximum Gasteiger partial charge on any atom is 0.375 e. The molecule has 170 valence electrons. The van der Waals surface area contributed by atoms with Crippen molar-refractivity contribution in [2.45, 2.75) is 44.3 Å². The molecule has 0 amide bonds. The maximum absolute atomic E-state index is 13.0. The molecule has 2 aromatic rings. The van der Waals surface area contributed by atoms with Crippen molar-refractivity contribution in [3.63, 3.8) is 0 Å². The highest BCUT2D eigenvalue weighted by Gasteiger charge is 2.55. The summed E-state index contributed by atoms with van der Waals surface area (Å²) in [4.78, 5) is 25.3. The first kappa shape index (κ1) is 23.3. The predicted octanol–water partition coefficient (Wildman–Crippen LogP) is 3.73. The summed E-state index contributed by atoms with van der Waals surface area (Å²) in [6.45, 7) is 3.91. The zero-order chi connectivity index (χ0) is 23.5. The lowest BCUT2D eigenvalue weighted by molar-refractivity contribution is -0.169. The van der Waals surface area contributed by atoms with E-state index in [1.165, 1.54) is 13.2 Å². The zero-order valence-electron chi connectivity index (χ0n) is 18.7. The SMILES string of the molecule is COC(=O)[C@]1(Cc2ccc(O)c(CCC(C)(C)OC)c2)OC(=O)C(O)=C1c1ccccc1. The van der Waals surface area contributed by atoms with Gasteiger partial charge in [0, 0.05) is 13.5 Å². The quantitative estimate of drug-likeness (QED) is 0.603. The highest BCUT2D eigenvalue weighted by Crippen LogP contribution is 2.42. The maximum atomic E-state index is 13.0. The summed E-state index contributed by atoms with van der Waals surface area (Å²) >= 11 is 0. The Balaban J connectivity index is 2.03. The molecule has 7 nitrogen and oxygen atoms in total. The Morgan fingerprint density at radius 3 is 2.41 bits per heavy atom. The molecule has 1 heterocycles. The topological polar surface area (TPSA) is 102 Å². The van der Waals surface area contributed by atoms with Crippen molar-refractivity contribution in [3.05, 3.63) is 71.0 Å². The third-order valence-corrected chi connectivity index (χ3v) is 5.82. The third-order valence-electron chi connectivity index (χ3n) is 5.82. The number of cyclic esters (lactones) is 1. The zero-order valence-corrected chi connectivity index (χ0v) is 18.7. The second-order valence-electron chi connectivity index (χ2n) is 8.40. The molecule has 0 saturated heterocycles. The van der Waals surface area contributed by atoms with E-state index in [4.69, 9.17) is 14.2 Å². The van der Waals surface area contributed by atoms with Crippen LogP contribution in [0.1, 0.15) is 37.0 Å². The number of benzene rings is 2. The van der Waals surface area contributed by atoms with Gasteiger partial charge in [-0.1, -0.05) is 42.5 Å². The van der Waals surface area contributed by atoms with Crippen LogP contribution in [0.4, 0.5) is 0 Å². The van der Waals surface area contributed by atoms with Crippen molar-refractivity contribution in [1.29, 1.82) is 0 Å². The molecule has 0 spiro atoms. The van der Waals surface area contributed by atoms with Gasteiger partial charge in [0.05, 0.1) is 18.3 Å². The van der Waals surface area contributed by atoms with Crippen LogP contribution >= 0.6 is 0 Å². The Labute approximate surface area is 187 Å². The molecule has 0 aliphatic carbocycles. The Kier molecular flexibility index (Phi) is 6.60. The number of ether oxygens (including phenoxy) is 3. The van der Waals surface area contributed by atoms with Crippen LogP contribution < -0.4 is 0 Å². The second kappa shape index (κ2) is 9.04. The summed E-state index contributed by atoms with van der Waals surface area (Å²) in [5.74, 6) is -2.29. The molecule has 1 aliphatic rings. The Bertz CT molecular complexity index is 1040. The van der Waals surface area contributed by atoms with Crippen molar-refractivity contribution in [1.82, 2.24) is 0 Å².